The van der Waals surface area contributed by atoms with Crippen molar-refractivity contribution in [3.8, 4) is 0 Å². The number of nitrogens with one attached hydrogen (secondary N) is 3. The minimum atomic E-state index is -4.40. The van der Waals surface area contributed by atoms with Crippen molar-refractivity contribution in [2.75, 3.05) is 75.7 Å². The van der Waals surface area contributed by atoms with Gasteiger partial charge in [-0.05, 0) is 60.7 Å². The van der Waals surface area contributed by atoms with Crippen LogP contribution in [0.4, 0.5) is 28.4 Å². The van der Waals surface area contributed by atoms with Crippen LogP contribution in [0.2, 0.25) is 0 Å². The molecule has 63 heavy (non-hydrogen) atoms. The van der Waals surface area contributed by atoms with Crippen molar-refractivity contribution in [3.05, 3.63) is 96.8 Å². The van der Waals surface area contributed by atoms with E-state index in [0.717, 1.165) is 28.4 Å². The van der Waals surface area contributed by atoms with Crippen LogP contribution in [-0.4, -0.2) is 146 Å². The molecule has 6 atom stereocenters. The highest BCUT2D eigenvalue weighted by Crippen LogP contribution is 2.29. The van der Waals surface area contributed by atoms with Crippen LogP contribution in [-0.2, 0) is 42.2 Å². The maximum absolute atomic E-state index is 11.9. The fraction of sp³-hybridized carbons (Fsp3) is 0.429. The van der Waals surface area contributed by atoms with Crippen molar-refractivity contribution in [1.29, 1.82) is 0 Å². The third-order valence-corrected chi connectivity index (χ3v) is 11.0. The Morgan fingerprint density at radius 2 is 1.56 bits per heavy atom. The van der Waals surface area contributed by atoms with Gasteiger partial charge < -0.3 is 60.2 Å². The molecule has 4 aromatic carbocycles. The van der Waals surface area contributed by atoms with Gasteiger partial charge in [0, 0.05) is 68.0 Å². The lowest BCUT2D eigenvalue weighted by Gasteiger charge is -2.40. The number of hydrogen-bond donors (Lipinski definition) is 8. The maximum Gasteiger partial charge on any atom is 0.295 e. The quantitative estimate of drug-likeness (QED) is 0.0191. The highest BCUT2D eigenvalue weighted by atomic mass is 32.2. The third-order valence-electron chi connectivity index (χ3n) is 10.0. The first-order chi connectivity index (χ1) is 30.4. The zero-order valence-electron chi connectivity index (χ0n) is 35.0. The Bertz CT molecular complexity index is 2320. The summed E-state index contributed by atoms with van der Waals surface area (Å²) in [6.07, 6.45) is -6.13. The van der Waals surface area contributed by atoms with Crippen LogP contribution in [0.5, 0.6) is 0 Å². The molecule has 0 amide bonds. The summed E-state index contributed by atoms with van der Waals surface area (Å²) >= 11 is 0. The zero-order chi connectivity index (χ0) is 44.8. The lowest BCUT2D eigenvalue weighted by Crippen LogP contribution is -2.59. The van der Waals surface area contributed by atoms with E-state index in [2.05, 4.69) is 36.5 Å². The van der Waals surface area contributed by atoms with Gasteiger partial charge in [-0.15, -0.1) is 5.10 Å². The minimum absolute atomic E-state index is 0.104. The van der Waals surface area contributed by atoms with E-state index in [9.17, 15) is 33.4 Å². The van der Waals surface area contributed by atoms with E-state index in [1.807, 2.05) is 79.8 Å². The molecule has 8 N–H and O–H groups in total. The molecule has 340 valence electrons. The summed E-state index contributed by atoms with van der Waals surface area (Å²) in [4.78, 5) is 1.85. The summed E-state index contributed by atoms with van der Waals surface area (Å²) < 4.78 is 58.2. The second kappa shape index (κ2) is 23.0. The number of rotatable bonds is 24. The van der Waals surface area contributed by atoms with Crippen LogP contribution in [0.15, 0.2) is 106 Å². The Balaban J connectivity index is 0.915. The van der Waals surface area contributed by atoms with Gasteiger partial charge in [0.25, 0.3) is 10.1 Å². The van der Waals surface area contributed by atoms with Gasteiger partial charge >= 0.3 is 0 Å². The molecule has 1 unspecified atom stereocenters. The number of benzene rings is 4. The Hall–Kier alpha value is -5.17. The van der Waals surface area contributed by atoms with Crippen LogP contribution in [0.1, 0.15) is 12.1 Å². The molecule has 0 spiro atoms. The molecule has 1 fully saturated rings. The molecule has 0 bridgehead atoms. The number of aliphatic hydroxyl groups excluding tert-OH is 4. The van der Waals surface area contributed by atoms with Crippen LogP contribution in [0.3, 0.4) is 0 Å². The van der Waals surface area contributed by atoms with Crippen molar-refractivity contribution in [2.24, 2.45) is 10.2 Å². The van der Waals surface area contributed by atoms with Crippen molar-refractivity contribution in [3.63, 3.8) is 0 Å². The van der Waals surface area contributed by atoms with Crippen LogP contribution >= 0.6 is 0 Å². The van der Waals surface area contributed by atoms with E-state index in [-0.39, 0.29) is 24.5 Å². The smallest absolute Gasteiger partial charge is 0.295 e. The number of ether oxygens (including phenoxy) is 4. The average molecular weight is 894 g/mol. The third kappa shape index (κ3) is 13.7. The molecule has 5 aromatic rings. The highest BCUT2D eigenvalue weighted by molar-refractivity contribution is 7.86. The summed E-state index contributed by atoms with van der Waals surface area (Å²) in [6.45, 7) is 2.24. The number of aliphatic hydroxyl groups is 4. The van der Waals surface area contributed by atoms with E-state index < -0.39 is 53.7 Å². The van der Waals surface area contributed by atoms with Gasteiger partial charge in [0.2, 0.25) is 0 Å². The molecule has 1 aliphatic rings. The molecule has 0 radical (unpaired) electrons. The number of aromatic nitrogens is 3. The molecule has 2 heterocycles. The van der Waals surface area contributed by atoms with Crippen LogP contribution in [0, 0.1) is 0 Å². The predicted octanol–water partition coefficient (Wildman–Crippen LogP) is 3.04. The Morgan fingerprint density at radius 1 is 0.841 bits per heavy atom. The van der Waals surface area contributed by atoms with Gasteiger partial charge in [-0.1, -0.05) is 29.5 Å². The van der Waals surface area contributed by atoms with Gasteiger partial charge in [0.1, 0.15) is 35.0 Å². The maximum atomic E-state index is 11.9. The first-order valence-corrected chi connectivity index (χ1v) is 21.8. The summed E-state index contributed by atoms with van der Waals surface area (Å²) in [5.41, 5.74) is 4.90. The molecule has 1 aromatic heterocycles. The lowest BCUT2D eigenvalue weighted by molar-refractivity contribution is -0.338. The lowest BCUT2D eigenvalue weighted by atomic mass is 9.99. The average Bonchev–Trinajstić information content (AvgIpc) is 3.74. The first kappa shape index (κ1) is 47.3. The van der Waals surface area contributed by atoms with Gasteiger partial charge in [0.15, 0.2) is 12.6 Å². The van der Waals surface area contributed by atoms with Gasteiger partial charge in [-0.2, -0.15) is 18.6 Å². The Morgan fingerprint density at radius 3 is 2.27 bits per heavy atom. The van der Waals surface area contributed by atoms with Crippen molar-refractivity contribution < 1.29 is 52.3 Å². The second-order valence-corrected chi connectivity index (χ2v) is 16.2. The Kier molecular flexibility index (Phi) is 17.2. The summed E-state index contributed by atoms with van der Waals surface area (Å²) in [5.74, 6) is 0. The fourth-order valence-corrected chi connectivity index (χ4v) is 7.32. The van der Waals surface area contributed by atoms with E-state index in [0.29, 0.717) is 55.8 Å². The number of nitrogens with zero attached hydrogens (tertiary/aromatic N) is 6. The molecule has 21 heteroatoms. The topological polar surface area (TPSA) is 267 Å². The normalized spacial score (nSPS) is 19.7. The number of azo groups is 1. The van der Waals surface area contributed by atoms with Crippen molar-refractivity contribution >= 4 is 49.3 Å². The molecular weight excluding hydrogens is 839 g/mol. The van der Waals surface area contributed by atoms with Gasteiger partial charge in [-0.25, -0.2) is 4.68 Å². The summed E-state index contributed by atoms with van der Waals surface area (Å²) in [7, 11) is -0.430. The van der Waals surface area contributed by atoms with E-state index in [1.165, 1.54) is 6.07 Å². The molecule has 1 aliphatic heterocycles. The van der Waals surface area contributed by atoms with Crippen LogP contribution in [0.25, 0.3) is 10.8 Å². The van der Waals surface area contributed by atoms with E-state index in [4.69, 9.17) is 18.9 Å². The summed E-state index contributed by atoms with van der Waals surface area (Å²) in [5, 5.41) is 68.6. The first-order valence-electron chi connectivity index (χ1n) is 20.4. The Labute approximate surface area is 365 Å². The summed E-state index contributed by atoms with van der Waals surface area (Å²) in [6, 6.07) is 25.2. The predicted molar refractivity (Wildman–Crippen MR) is 234 cm³/mol. The number of fused-ring (bicyclic) bond motifs is 1. The SMILES string of the molecule is CN(C)c1ccc(/N=N/c2ccc(NCc3cn(CCOCCOC(CCNCCNc4cccc5c(S(=O)(=O)O)cccc45)O[C@@H]4O[C@H](CO)[C@@H](O)[C@H](O)[C@H]4O)nn3)cc2)cc1. The molecule has 20 nitrogen and oxygen atoms in total. The second-order valence-electron chi connectivity index (χ2n) is 14.8. The zero-order valence-corrected chi connectivity index (χ0v) is 35.8. The molecule has 6 rings (SSSR count). The number of anilines is 3. The van der Waals surface area contributed by atoms with Gasteiger partial charge in [-0.3, -0.25) is 4.55 Å². The molecule has 0 saturated carbocycles. The minimum Gasteiger partial charge on any atom is -0.394 e. The van der Waals surface area contributed by atoms with Gasteiger partial charge in [0.05, 0.1) is 57.1 Å². The van der Waals surface area contributed by atoms with Crippen LogP contribution < -0.4 is 20.9 Å². The largest absolute Gasteiger partial charge is 0.394 e. The monoisotopic (exact) mass is 893 g/mol. The fourth-order valence-electron chi connectivity index (χ4n) is 6.61. The molecular formula is C42H55N9O11S. The molecule has 0 aliphatic carbocycles. The van der Waals surface area contributed by atoms with E-state index >= 15 is 0 Å². The van der Waals surface area contributed by atoms with E-state index in [1.54, 1.807) is 28.9 Å². The molecule has 1 saturated heterocycles. The van der Waals surface area contributed by atoms with Crippen molar-refractivity contribution in [2.45, 2.75) is 61.4 Å². The number of hydrogen-bond acceptors (Lipinski definition) is 18. The highest BCUT2D eigenvalue weighted by Gasteiger charge is 2.45. The van der Waals surface area contributed by atoms with Crippen molar-refractivity contribution in [1.82, 2.24) is 20.3 Å². The standard InChI is InChI=1S/C42H55N9O11S/c1-50(2)32-15-13-30(14-16-32)47-46-29-11-9-28(10-12-29)45-25-31-26-51(49-48-31)21-22-59-23-24-60-38(62-42-41(55)40(54)39(53)36(27-52)61-42)17-18-43-19-20-44-35-7-3-6-34-33(35)5-4-8-37(34)63(56,57)58/h3-16,26,36,38-45,52-55H,17-25,27H2,1-2H3,(H,56,57,58)/b47-46+/t36-,38?,39-,40+,41-,42+/m1/s1.